The summed E-state index contributed by atoms with van der Waals surface area (Å²) < 4.78 is 5.29. The summed E-state index contributed by atoms with van der Waals surface area (Å²) in [4.78, 5) is 4.21. The highest BCUT2D eigenvalue weighted by molar-refractivity contribution is 5.42. The van der Waals surface area contributed by atoms with E-state index in [4.69, 9.17) is 4.74 Å². The molecule has 0 radical (unpaired) electrons. The first kappa shape index (κ1) is 11.2. The maximum Gasteiger partial charge on any atom is 0.213 e. The molecule has 0 spiro atoms. The quantitative estimate of drug-likeness (QED) is 0.793. The largest absolute Gasteiger partial charge is 0.478 e. The molecule has 1 saturated heterocycles. The van der Waals surface area contributed by atoms with Gasteiger partial charge in [-0.3, -0.25) is 0 Å². The third-order valence-electron chi connectivity index (χ3n) is 2.74. The number of ether oxygens (including phenoxy) is 1. The predicted octanol–water partition coefficient (Wildman–Crippen LogP) is 1.64. The standard InChI is InChI=1S/C12H19N3O/c1-2-16-12-6-5-11(9-15-12)14-8-10-4-3-7-13-10/h5-6,9-10,13-14H,2-4,7-8H2,1H3. The predicted molar refractivity (Wildman–Crippen MR) is 64.9 cm³/mol. The van der Waals surface area contributed by atoms with Crippen LogP contribution >= 0.6 is 0 Å². The Bertz CT molecular complexity index is 307. The highest BCUT2D eigenvalue weighted by Crippen LogP contribution is 2.12. The lowest BCUT2D eigenvalue weighted by atomic mass is 10.2. The molecule has 4 heteroatoms. The van der Waals surface area contributed by atoms with Crippen LogP contribution in [0.5, 0.6) is 5.88 Å². The number of nitrogens with one attached hydrogen (secondary N) is 2. The first-order chi connectivity index (χ1) is 7.88. The summed E-state index contributed by atoms with van der Waals surface area (Å²) >= 11 is 0. The molecule has 88 valence electrons. The normalized spacial score (nSPS) is 19.7. The van der Waals surface area contributed by atoms with Gasteiger partial charge < -0.3 is 15.4 Å². The van der Waals surface area contributed by atoms with E-state index >= 15 is 0 Å². The zero-order valence-corrected chi connectivity index (χ0v) is 9.70. The maximum atomic E-state index is 5.29. The van der Waals surface area contributed by atoms with Gasteiger partial charge in [-0.2, -0.15) is 0 Å². The summed E-state index contributed by atoms with van der Waals surface area (Å²) in [6.07, 6.45) is 4.37. The lowest BCUT2D eigenvalue weighted by Crippen LogP contribution is -2.29. The van der Waals surface area contributed by atoms with E-state index in [-0.39, 0.29) is 0 Å². The van der Waals surface area contributed by atoms with Gasteiger partial charge in [0.15, 0.2) is 0 Å². The van der Waals surface area contributed by atoms with E-state index in [2.05, 4.69) is 15.6 Å². The van der Waals surface area contributed by atoms with Gasteiger partial charge in [0.1, 0.15) is 0 Å². The Kier molecular flexibility index (Phi) is 3.99. The van der Waals surface area contributed by atoms with Crippen LogP contribution in [0, 0.1) is 0 Å². The summed E-state index contributed by atoms with van der Waals surface area (Å²) in [5.74, 6) is 0.687. The first-order valence-electron chi connectivity index (χ1n) is 5.94. The topological polar surface area (TPSA) is 46.2 Å². The number of aromatic nitrogens is 1. The molecule has 4 nitrogen and oxygen atoms in total. The third kappa shape index (κ3) is 3.10. The smallest absolute Gasteiger partial charge is 0.213 e. The molecular formula is C12H19N3O. The number of pyridine rings is 1. The van der Waals surface area contributed by atoms with Gasteiger partial charge in [-0.05, 0) is 32.4 Å². The van der Waals surface area contributed by atoms with E-state index in [1.165, 1.54) is 12.8 Å². The van der Waals surface area contributed by atoms with Crippen LogP contribution in [0.4, 0.5) is 5.69 Å². The van der Waals surface area contributed by atoms with Crippen LogP contribution in [0.25, 0.3) is 0 Å². The van der Waals surface area contributed by atoms with E-state index in [1.807, 2.05) is 25.3 Å². The van der Waals surface area contributed by atoms with Crippen molar-refractivity contribution in [3.8, 4) is 5.88 Å². The Balaban J connectivity index is 1.80. The number of nitrogens with zero attached hydrogens (tertiary/aromatic N) is 1. The van der Waals surface area contributed by atoms with Gasteiger partial charge in [-0.15, -0.1) is 0 Å². The lowest BCUT2D eigenvalue weighted by molar-refractivity contribution is 0.327. The van der Waals surface area contributed by atoms with Crippen molar-refractivity contribution in [3.05, 3.63) is 18.3 Å². The van der Waals surface area contributed by atoms with Crippen molar-refractivity contribution in [2.24, 2.45) is 0 Å². The van der Waals surface area contributed by atoms with E-state index in [0.29, 0.717) is 18.5 Å². The molecule has 1 aromatic rings. The van der Waals surface area contributed by atoms with Crippen LogP contribution in [0.15, 0.2) is 18.3 Å². The van der Waals surface area contributed by atoms with Crippen molar-refractivity contribution in [3.63, 3.8) is 0 Å². The van der Waals surface area contributed by atoms with Gasteiger partial charge in [0.2, 0.25) is 5.88 Å². The molecule has 1 aromatic heterocycles. The van der Waals surface area contributed by atoms with Gasteiger partial charge in [0.05, 0.1) is 18.5 Å². The van der Waals surface area contributed by atoms with Gasteiger partial charge in [-0.1, -0.05) is 0 Å². The highest BCUT2D eigenvalue weighted by Gasteiger charge is 2.12. The van der Waals surface area contributed by atoms with Crippen LogP contribution in [-0.2, 0) is 0 Å². The molecule has 2 rings (SSSR count). The molecule has 0 amide bonds. The summed E-state index contributed by atoms with van der Waals surface area (Å²) in [7, 11) is 0. The highest BCUT2D eigenvalue weighted by atomic mass is 16.5. The van der Waals surface area contributed by atoms with Crippen LogP contribution in [0.3, 0.4) is 0 Å². The van der Waals surface area contributed by atoms with Gasteiger partial charge in [0.25, 0.3) is 0 Å². The van der Waals surface area contributed by atoms with Crippen molar-refractivity contribution in [1.82, 2.24) is 10.3 Å². The van der Waals surface area contributed by atoms with Crippen molar-refractivity contribution >= 4 is 5.69 Å². The zero-order valence-electron chi connectivity index (χ0n) is 9.70. The van der Waals surface area contributed by atoms with E-state index < -0.39 is 0 Å². The number of anilines is 1. The molecule has 1 aliphatic rings. The molecule has 0 aromatic carbocycles. The van der Waals surface area contributed by atoms with Crippen molar-refractivity contribution in [1.29, 1.82) is 0 Å². The van der Waals surface area contributed by atoms with Crippen molar-refractivity contribution in [2.45, 2.75) is 25.8 Å². The summed E-state index contributed by atoms with van der Waals surface area (Å²) in [5, 5.41) is 6.83. The molecular weight excluding hydrogens is 202 g/mol. The van der Waals surface area contributed by atoms with Crippen LogP contribution in [-0.4, -0.2) is 30.7 Å². The second-order valence-electron chi connectivity index (χ2n) is 3.99. The molecule has 0 aliphatic carbocycles. The fourth-order valence-electron chi connectivity index (χ4n) is 1.89. The molecule has 1 fully saturated rings. The van der Waals surface area contributed by atoms with Crippen LogP contribution in [0.1, 0.15) is 19.8 Å². The van der Waals surface area contributed by atoms with Gasteiger partial charge >= 0.3 is 0 Å². The van der Waals surface area contributed by atoms with E-state index in [9.17, 15) is 0 Å². The van der Waals surface area contributed by atoms with Crippen LogP contribution < -0.4 is 15.4 Å². The third-order valence-corrected chi connectivity index (χ3v) is 2.74. The summed E-state index contributed by atoms with van der Waals surface area (Å²) in [6, 6.07) is 4.51. The molecule has 2 heterocycles. The monoisotopic (exact) mass is 221 g/mol. The lowest BCUT2D eigenvalue weighted by Gasteiger charge is -2.12. The fourth-order valence-corrected chi connectivity index (χ4v) is 1.89. The minimum Gasteiger partial charge on any atom is -0.478 e. The van der Waals surface area contributed by atoms with Crippen molar-refractivity contribution in [2.75, 3.05) is 25.0 Å². The molecule has 16 heavy (non-hydrogen) atoms. The second kappa shape index (κ2) is 5.70. The first-order valence-corrected chi connectivity index (χ1v) is 5.94. The Hall–Kier alpha value is -1.29. The maximum absolute atomic E-state index is 5.29. The Morgan fingerprint density at radius 1 is 1.56 bits per heavy atom. The Morgan fingerprint density at radius 2 is 2.50 bits per heavy atom. The molecule has 2 N–H and O–H groups in total. The fraction of sp³-hybridized carbons (Fsp3) is 0.583. The average Bonchev–Trinajstić information content (AvgIpc) is 2.82. The Labute approximate surface area is 96.4 Å². The molecule has 1 aliphatic heterocycles. The molecule has 0 saturated carbocycles. The SMILES string of the molecule is CCOc1ccc(NCC2CCCN2)cn1. The van der Waals surface area contributed by atoms with Gasteiger partial charge in [-0.25, -0.2) is 4.98 Å². The minimum absolute atomic E-state index is 0.603. The average molecular weight is 221 g/mol. The molecule has 1 unspecified atom stereocenters. The molecule has 0 bridgehead atoms. The number of hydrogen-bond donors (Lipinski definition) is 2. The van der Waals surface area contributed by atoms with E-state index in [1.54, 1.807) is 0 Å². The number of rotatable bonds is 5. The van der Waals surface area contributed by atoms with Crippen molar-refractivity contribution < 1.29 is 4.74 Å². The minimum atomic E-state index is 0.603. The zero-order chi connectivity index (χ0) is 11.2. The van der Waals surface area contributed by atoms with Crippen LogP contribution in [0.2, 0.25) is 0 Å². The molecule has 1 atom stereocenters. The summed E-state index contributed by atoms with van der Waals surface area (Å²) in [5.41, 5.74) is 1.05. The second-order valence-corrected chi connectivity index (χ2v) is 3.99. The number of hydrogen-bond acceptors (Lipinski definition) is 4. The van der Waals surface area contributed by atoms with Gasteiger partial charge in [0, 0.05) is 18.7 Å². The summed E-state index contributed by atoms with van der Waals surface area (Å²) in [6.45, 7) is 4.73. The Morgan fingerprint density at radius 3 is 3.12 bits per heavy atom. The van der Waals surface area contributed by atoms with E-state index in [0.717, 1.165) is 18.8 Å².